The third kappa shape index (κ3) is 2.72. The van der Waals surface area contributed by atoms with Gasteiger partial charge in [0.15, 0.2) is 0 Å². The molecule has 0 fully saturated rings. The largest absolute Gasteiger partial charge is 0.366 e. The highest BCUT2D eigenvalue weighted by Crippen LogP contribution is 2.22. The minimum atomic E-state index is -4.06. The van der Waals surface area contributed by atoms with Gasteiger partial charge in [-0.2, -0.15) is 10.2 Å². The number of amides is 1. The summed E-state index contributed by atoms with van der Waals surface area (Å²) in [5.41, 5.74) is 8.11. The zero-order valence-electron chi connectivity index (χ0n) is 9.65. The van der Waals surface area contributed by atoms with E-state index in [1.165, 1.54) is 29.5 Å². The molecule has 0 atom stereocenters. The van der Waals surface area contributed by atoms with Crippen molar-refractivity contribution in [2.45, 2.75) is 4.90 Å². The summed E-state index contributed by atoms with van der Waals surface area (Å²) in [4.78, 5) is 10.8. The lowest BCUT2D eigenvalue weighted by atomic mass is 10.2. The average molecular weight is 281 g/mol. The van der Waals surface area contributed by atoms with E-state index in [0.29, 0.717) is 5.69 Å². The molecule has 19 heavy (non-hydrogen) atoms. The van der Waals surface area contributed by atoms with Crippen molar-refractivity contribution in [1.82, 2.24) is 5.43 Å². The second-order valence-corrected chi connectivity index (χ2v) is 5.18. The number of carbonyl (C=O) groups excluding carboxylic acids is 1. The zero-order valence-corrected chi connectivity index (χ0v) is 10.5. The van der Waals surface area contributed by atoms with Gasteiger partial charge in [-0.25, -0.2) is 13.6 Å². The first-order chi connectivity index (χ1) is 8.89. The van der Waals surface area contributed by atoms with Gasteiger partial charge in [-0.1, -0.05) is 0 Å². The minimum Gasteiger partial charge on any atom is -0.366 e. The summed E-state index contributed by atoms with van der Waals surface area (Å²) in [6.45, 7) is 0. The Kier molecular flexibility index (Phi) is 3.23. The molecule has 1 aromatic carbocycles. The van der Waals surface area contributed by atoms with Crippen LogP contribution in [0.3, 0.4) is 0 Å². The van der Waals surface area contributed by atoms with Crippen LogP contribution in [0.15, 0.2) is 40.5 Å². The number of carbonyl (C=O) groups is 1. The van der Waals surface area contributed by atoms with Gasteiger partial charge in [0.1, 0.15) is 0 Å². The molecule has 8 nitrogen and oxygen atoms in total. The fourth-order valence-electron chi connectivity index (χ4n) is 1.52. The van der Waals surface area contributed by atoms with Crippen molar-refractivity contribution in [3.05, 3.63) is 36.0 Å². The van der Waals surface area contributed by atoms with Crippen molar-refractivity contribution in [2.75, 3.05) is 5.12 Å². The fraction of sp³-hybridized carbons (Fsp3) is 0. The van der Waals surface area contributed by atoms with Crippen LogP contribution in [0.1, 0.15) is 10.4 Å². The van der Waals surface area contributed by atoms with Gasteiger partial charge in [-0.15, -0.1) is 0 Å². The third-order valence-corrected chi connectivity index (χ3v) is 3.29. The van der Waals surface area contributed by atoms with Crippen molar-refractivity contribution in [1.29, 1.82) is 0 Å². The molecule has 5 N–H and O–H groups in total. The maximum atomic E-state index is 11.5. The van der Waals surface area contributed by atoms with Crippen molar-refractivity contribution in [3.63, 3.8) is 0 Å². The number of hydrazone groups is 1. The number of anilines is 1. The molecule has 1 amide bonds. The smallest absolute Gasteiger partial charge is 0.250 e. The lowest BCUT2D eigenvalue weighted by Crippen LogP contribution is -2.31. The highest BCUT2D eigenvalue weighted by molar-refractivity contribution is 7.89. The SMILES string of the molecule is NC(=O)c1ccc(N2N=CC=CN2)cc1S(N)(=O)=O. The van der Waals surface area contributed by atoms with Gasteiger partial charge in [0.25, 0.3) is 0 Å². The minimum absolute atomic E-state index is 0.164. The van der Waals surface area contributed by atoms with E-state index in [1.54, 1.807) is 12.3 Å². The zero-order chi connectivity index (χ0) is 14.0. The second kappa shape index (κ2) is 4.71. The van der Waals surface area contributed by atoms with Crippen molar-refractivity contribution < 1.29 is 13.2 Å². The van der Waals surface area contributed by atoms with Crippen molar-refractivity contribution in [3.8, 4) is 0 Å². The van der Waals surface area contributed by atoms with Crippen LogP contribution in [0.5, 0.6) is 0 Å². The van der Waals surface area contributed by atoms with Crippen molar-refractivity contribution in [2.24, 2.45) is 16.0 Å². The number of nitrogens with two attached hydrogens (primary N) is 2. The molecule has 0 saturated carbocycles. The maximum Gasteiger partial charge on any atom is 0.250 e. The van der Waals surface area contributed by atoms with Crippen LogP contribution in [0.4, 0.5) is 5.69 Å². The number of sulfonamides is 1. The number of hydrogen-bond donors (Lipinski definition) is 3. The van der Waals surface area contributed by atoms with Gasteiger partial charge in [-0.05, 0) is 24.3 Å². The van der Waals surface area contributed by atoms with E-state index in [9.17, 15) is 13.2 Å². The molecule has 1 aromatic rings. The van der Waals surface area contributed by atoms with E-state index < -0.39 is 15.9 Å². The molecular formula is C10H11N5O3S. The molecule has 1 heterocycles. The molecule has 0 radical (unpaired) electrons. The number of primary amides is 1. The van der Waals surface area contributed by atoms with Crippen LogP contribution in [-0.2, 0) is 10.0 Å². The third-order valence-electron chi connectivity index (χ3n) is 2.34. The predicted octanol–water partition coefficient (Wildman–Crippen LogP) is -0.743. The summed E-state index contributed by atoms with van der Waals surface area (Å²) in [6.07, 6.45) is 4.77. The first-order valence-corrected chi connectivity index (χ1v) is 6.66. The van der Waals surface area contributed by atoms with Gasteiger partial charge >= 0.3 is 0 Å². The summed E-state index contributed by atoms with van der Waals surface area (Å²) in [6, 6.07) is 4.00. The summed E-state index contributed by atoms with van der Waals surface area (Å²) >= 11 is 0. The Morgan fingerprint density at radius 2 is 2.11 bits per heavy atom. The van der Waals surface area contributed by atoms with Gasteiger partial charge < -0.3 is 5.73 Å². The Hall–Kier alpha value is -2.39. The number of primary sulfonamides is 1. The molecule has 0 saturated heterocycles. The summed E-state index contributed by atoms with van der Waals surface area (Å²) in [5.74, 6) is -0.870. The van der Waals surface area contributed by atoms with E-state index in [0.717, 1.165) is 0 Å². The van der Waals surface area contributed by atoms with Crippen LogP contribution in [0.2, 0.25) is 0 Å². The van der Waals surface area contributed by atoms with Crippen LogP contribution >= 0.6 is 0 Å². The quantitative estimate of drug-likeness (QED) is 0.671. The maximum absolute atomic E-state index is 11.5. The Balaban J connectivity index is 2.53. The van der Waals surface area contributed by atoms with Gasteiger partial charge in [-0.3, -0.25) is 10.2 Å². The monoisotopic (exact) mass is 281 g/mol. The lowest BCUT2D eigenvalue weighted by Gasteiger charge is -2.21. The van der Waals surface area contributed by atoms with Gasteiger partial charge in [0, 0.05) is 6.20 Å². The number of allylic oxidation sites excluding steroid dienone is 1. The van der Waals surface area contributed by atoms with Crippen LogP contribution < -0.4 is 21.4 Å². The first kappa shape index (κ1) is 13.1. The standard InChI is InChI=1S/C10H11N5O3S/c11-10(16)8-3-2-7(6-9(8)19(12,17)18)15-13-4-1-5-14-15/h1-6,13H,(H2,11,16)(H2,12,17,18). The molecule has 1 aliphatic heterocycles. The number of hydrogen-bond acceptors (Lipinski definition) is 6. The Bertz CT molecular complexity index is 680. The van der Waals surface area contributed by atoms with E-state index in [-0.39, 0.29) is 10.5 Å². The highest BCUT2D eigenvalue weighted by atomic mass is 32.2. The molecule has 9 heteroatoms. The molecule has 0 aliphatic carbocycles. The van der Waals surface area contributed by atoms with E-state index in [1.807, 2.05) is 0 Å². The predicted molar refractivity (Wildman–Crippen MR) is 69.6 cm³/mol. The van der Waals surface area contributed by atoms with E-state index in [4.69, 9.17) is 10.9 Å². The Morgan fingerprint density at radius 3 is 2.63 bits per heavy atom. The Morgan fingerprint density at radius 1 is 1.37 bits per heavy atom. The van der Waals surface area contributed by atoms with Crippen molar-refractivity contribution >= 4 is 27.8 Å². The normalized spacial score (nSPS) is 14.3. The number of rotatable bonds is 3. The molecule has 0 bridgehead atoms. The summed E-state index contributed by atoms with van der Waals surface area (Å²) < 4.78 is 22.9. The van der Waals surface area contributed by atoms with Crippen LogP contribution in [0, 0.1) is 0 Å². The van der Waals surface area contributed by atoms with Gasteiger partial charge in [0.05, 0.1) is 22.4 Å². The highest BCUT2D eigenvalue weighted by Gasteiger charge is 2.20. The molecule has 2 rings (SSSR count). The molecule has 0 spiro atoms. The van der Waals surface area contributed by atoms with Gasteiger partial charge in [0.2, 0.25) is 15.9 Å². The summed E-state index contributed by atoms with van der Waals surface area (Å²) in [7, 11) is -4.06. The molecule has 100 valence electrons. The lowest BCUT2D eigenvalue weighted by molar-refractivity contribution is 0.0997. The number of benzene rings is 1. The Labute approximate surface area is 109 Å². The molecule has 0 unspecified atom stereocenters. The van der Waals surface area contributed by atoms with Crippen LogP contribution in [0.25, 0.3) is 0 Å². The summed E-state index contributed by atoms with van der Waals surface area (Å²) in [5, 5.41) is 10.3. The average Bonchev–Trinajstić information content (AvgIpc) is 2.38. The topological polar surface area (TPSA) is 131 Å². The van der Waals surface area contributed by atoms with E-state index >= 15 is 0 Å². The number of nitrogens with zero attached hydrogens (tertiary/aromatic N) is 2. The number of hydrazine groups is 1. The second-order valence-electron chi connectivity index (χ2n) is 3.65. The van der Waals surface area contributed by atoms with E-state index in [2.05, 4.69) is 10.5 Å². The van der Waals surface area contributed by atoms with Crippen LogP contribution in [-0.4, -0.2) is 20.5 Å². The molecule has 1 aliphatic rings. The molecule has 0 aromatic heterocycles. The molecular weight excluding hydrogens is 270 g/mol. The fourth-order valence-corrected chi connectivity index (χ4v) is 2.28. The first-order valence-electron chi connectivity index (χ1n) is 5.11. The number of nitrogens with one attached hydrogen (secondary N) is 1.